The number of benzene rings is 1. The monoisotopic (exact) mass is 246 g/mol. The first-order valence-corrected chi connectivity index (χ1v) is 7.03. The lowest BCUT2D eigenvalue weighted by Crippen LogP contribution is -2.51. The van der Waals surface area contributed by atoms with Gasteiger partial charge < -0.3 is 5.32 Å². The molecule has 2 rings (SSSR count). The lowest BCUT2D eigenvalue weighted by molar-refractivity contribution is 0.163. The summed E-state index contributed by atoms with van der Waals surface area (Å²) in [5.74, 6) is 0. The van der Waals surface area contributed by atoms with Crippen LogP contribution in [-0.4, -0.2) is 30.6 Å². The van der Waals surface area contributed by atoms with E-state index in [1.807, 2.05) is 0 Å². The Morgan fingerprint density at radius 2 is 1.94 bits per heavy atom. The van der Waals surface area contributed by atoms with Crippen molar-refractivity contribution in [2.24, 2.45) is 5.41 Å². The van der Waals surface area contributed by atoms with Crippen LogP contribution in [0.2, 0.25) is 0 Å². The van der Waals surface area contributed by atoms with Gasteiger partial charge in [0.1, 0.15) is 0 Å². The number of hydrogen-bond donors (Lipinski definition) is 1. The standard InChI is InChI=1S/C16H26N2/c1-16(2,3)11-15-13-18(10-9-17-15)12-14-7-5-4-6-8-14/h4-8,15,17H,9-13H2,1-3H3/t15-/m0/s1. The molecule has 2 heteroatoms. The number of rotatable bonds is 3. The van der Waals surface area contributed by atoms with E-state index < -0.39 is 0 Å². The molecule has 18 heavy (non-hydrogen) atoms. The SMILES string of the molecule is CC(C)(C)C[C@H]1CN(Cc2ccccc2)CCN1. The minimum Gasteiger partial charge on any atom is -0.311 e. The van der Waals surface area contributed by atoms with Gasteiger partial charge in [-0.05, 0) is 17.4 Å². The molecule has 1 heterocycles. The van der Waals surface area contributed by atoms with Crippen LogP contribution in [0, 0.1) is 5.41 Å². The normalized spacial score (nSPS) is 22.1. The van der Waals surface area contributed by atoms with Crippen LogP contribution in [0.1, 0.15) is 32.8 Å². The Balaban J connectivity index is 1.87. The minimum atomic E-state index is 0.410. The third-order valence-electron chi connectivity index (χ3n) is 3.45. The van der Waals surface area contributed by atoms with Gasteiger partial charge in [0, 0.05) is 32.2 Å². The van der Waals surface area contributed by atoms with Crippen molar-refractivity contribution >= 4 is 0 Å². The van der Waals surface area contributed by atoms with E-state index in [0.29, 0.717) is 11.5 Å². The summed E-state index contributed by atoms with van der Waals surface area (Å²) in [5.41, 5.74) is 1.84. The lowest BCUT2D eigenvalue weighted by atomic mass is 9.87. The summed E-state index contributed by atoms with van der Waals surface area (Å²) in [6.07, 6.45) is 1.25. The zero-order valence-electron chi connectivity index (χ0n) is 11.9. The van der Waals surface area contributed by atoms with Crippen molar-refractivity contribution in [1.82, 2.24) is 10.2 Å². The molecule has 0 unspecified atom stereocenters. The van der Waals surface area contributed by atoms with Crippen molar-refractivity contribution in [2.75, 3.05) is 19.6 Å². The fraction of sp³-hybridized carbons (Fsp3) is 0.625. The molecule has 0 spiro atoms. The van der Waals surface area contributed by atoms with Crippen LogP contribution in [-0.2, 0) is 6.54 Å². The third-order valence-corrected chi connectivity index (χ3v) is 3.45. The minimum absolute atomic E-state index is 0.410. The lowest BCUT2D eigenvalue weighted by Gasteiger charge is -2.36. The Hall–Kier alpha value is -0.860. The molecule has 1 aliphatic rings. The van der Waals surface area contributed by atoms with Crippen molar-refractivity contribution < 1.29 is 0 Å². The van der Waals surface area contributed by atoms with Gasteiger partial charge >= 0.3 is 0 Å². The van der Waals surface area contributed by atoms with Crippen LogP contribution in [0.5, 0.6) is 0 Å². The first-order chi connectivity index (χ1) is 8.53. The van der Waals surface area contributed by atoms with Gasteiger partial charge in [-0.2, -0.15) is 0 Å². The van der Waals surface area contributed by atoms with E-state index in [4.69, 9.17) is 0 Å². The summed E-state index contributed by atoms with van der Waals surface area (Å²) in [7, 11) is 0. The molecule has 0 bridgehead atoms. The molecule has 2 nitrogen and oxygen atoms in total. The van der Waals surface area contributed by atoms with Gasteiger partial charge in [-0.25, -0.2) is 0 Å². The molecular weight excluding hydrogens is 220 g/mol. The maximum atomic E-state index is 3.65. The van der Waals surface area contributed by atoms with Gasteiger partial charge in [-0.1, -0.05) is 51.1 Å². The Morgan fingerprint density at radius 3 is 2.61 bits per heavy atom. The van der Waals surface area contributed by atoms with Gasteiger partial charge in [0.2, 0.25) is 0 Å². The van der Waals surface area contributed by atoms with Crippen LogP contribution < -0.4 is 5.32 Å². The topological polar surface area (TPSA) is 15.3 Å². The molecule has 100 valence electrons. The molecule has 1 aromatic carbocycles. The molecule has 0 aromatic heterocycles. The summed E-state index contributed by atoms with van der Waals surface area (Å²) >= 11 is 0. The van der Waals surface area contributed by atoms with E-state index in [2.05, 4.69) is 61.3 Å². The highest BCUT2D eigenvalue weighted by atomic mass is 15.2. The molecule has 1 atom stereocenters. The highest BCUT2D eigenvalue weighted by Crippen LogP contribution is 2.22. The van der Waals surface area contributed by atoms with Crippen molar-refractivity contribution in [3.05, 3.63) is 35.9 Å². The Labute approximate surface area is 111 Å². The first kappa shape index (κ1) is 13.6. The highest BCUT2D eigenvalue weighted by Gasteiger charge is 2.23. The molecular formula is C16H26N2. The van der Waals surface area contributed by atoms with Gasteiger partial charge in [0.15, 0.2) is 0 Å². The molecule has 0 saturated carbocycles. The zero-order valence-corrected chi connectivity index (χ0v) is 11.9. The van der Waals surface area contributed by atoms with Gasteiger partial charge in [0.25, 0.3) is 0 Å². The fourth-order valence-corrected chi connectivity index (χ4v) is 2.76. The summed E-state index contributed by atoms with van der Waals surface area (Å²) in [5, 5.41) is 3.65. The van der Waals surface area contributed by atoms with Crippen molar-refractivity contribution in [1.29, 1.82) is 0 Å². The van der Waals surface area contributed by atoms with Gasteiger partial charge in [-0.3, -0.25) is 4.90 Å². The van der Waals surface area contributed by atoms with E-state index in [1.54, 1.807) is 0 Å². The number of piperazine rings is 1. The maximum absolute atomic E-state index is 3.65. The zero-order chi connectivity index (χ0) is 13.0. The molecule has 1 N–H and O–H groups in total. The molecule has 1 fully saturated rings. The van der Waals surface area contributed by atoms with Crippen LogP contribution in [0.3, 0.4) is 0 Å². The molecule has 1 saturated heterocycles. The van der Waals surface area contributed by atoms with E-state index in [0.717, 1.165) is 19.6 Å². The average Bonchev–Trinajstić information content (AvgIpc) is 2.28. The summed E-state index contributed by atoms with van der Waals surface area (Å²) in [6, 6.07) is 11.4. The van der Waals surface area contributed by atoms with E-state index >= 15 is 0 Å². The van der Waals surface area contributed by atoms with Crippen molar-refractivity contribution in [2.45, 2.75) is 39.8 Å². The highest BCUT2D eigenvalue weighted by molar-refractivity contribution is 5.14. The van der Waals surface area contributed by atoms with Crippen LogP contribution >= 0.6 is 0 Å². The molecule has 1 aromatic rings. The van der Waals surface area contributed by atoms with Crippen molar-refractivity contribution in [3.63, 3.8) is 0 Å². The van der Waals surface area contributed by atoms with Crippen LogP contribution in [0.25, 0.3) is 0 Å². The quantitative estimate of drug-likeness (QED) is 0.882. The van der Waals surface area contributed by atoms with Crippen LogP contribution in [0.4, 0.5) is 0 Å². The molecule has 0 radical (unpaired) electrons. The Morgan fingerprint density at radius 1 is 1.22 bits per heavy atom. The maximum Gasteiger partial charge on any atom is 0.0234 e. The predicted molar refractivity (Wildman–Crippen MR) is 77.6 cm³/mol. The van der Waals surface area contributed by atoms with E-state index in [1.165, 1.54) is 18.5 Å². The van der Waals surface area contributed by atoms with E-state index in [9.17, 15) is 0 Å². The summed E-state index contributed by atoms with van der Waals surface area (Å²) < 4.78 is 0. The van der Waals surface area contributed by atoms with Crippen LogP contribution in [0.15, 0.2) is 30.3 Å². The van der Waals surface area contributed by atoms with Gasteiger partial charge in [0.05, 0.1) is 0 Å². The summed E-state index contributed by atoms with van der Waals surface area (Å²) in [6.45, 7) is 11.5. The average molecular weight is 246 g/mol. The Kier molecular flexibility index (Phi) is 4.41. The third kappa shape index (κ3) is 4.43. The smallest absolute Gasteiger partial charge is 0.0234 e. The first-order valence-electron chi connectivity index (χ1n) is 7.03. The molecule has 0 amide bonds. The second-order valence-electron chi connectivity index (χ2n) is 6.64. The predicted octanol–water partition coefficient (Wildman–Crippen LogP) is 2.90. The fourth-order valence-electron chi connectivity index (χ4n) is 2.76. The van der Waals surface area contributed by atoms with Crippen molar-refractivity contribution in [3.8, 4) is 0 Å². The molecule has 0 aliphatic carbocycles. The Bertz CT molecular complexity index is 353. The second-order valence-corrected chi connectivity index (χ2v) is 6.64. The largest absolute Gasteiger partial charge is 0.311 e. The summed E-state index contributed by atoms with van der Waals surface area (Å²) in [4.78, 5) is 2.57. The number of hydrogen-bond acceptors (Lipinski definition) is 2. The van der Waals surface area contributed by atoms with Gasteiger partial charge in [-0.15, -0.1) is 0 Å². The second kappa shape index (κ2) is 5.85. The molecule has 1 aliphatic heterocycles. The van der Waals surface area contributed by atoms with E-state index in [-0.39, 0.29) is 0 Å². The number of nitrogens with zero attached hydrogens (tertiary/aromatic N) is 1. The number of nitrogens with one attached hydrogen (secondary N) is 1.